The molecule has 4 nitrogen and oxygen atoms in total. The first-order valence-electron chi connectivity index (χ1n) is 3.76. The number of hydrogen-bond donors (Lipinski definition) is 0. The highest BCUT2D eigenvalue weighted by Crippen LogP contribution is 2.09. The molecule has 2 heterocycles. The van der Waals surface area contributed by atoms with E-state index < -0.39 is 0 Å². The summed E-state index contributed by atoms with van der Waals surface area (Å²) >= 11 is 3.32. The Bertz CT molecular complexity index is 424. The van der Waals surface area contributed by atoms with Crippen LogP contribution in [0.15, 0.2) is 29.1 Å². The Morgan fingerprint density at radius 2 is 2.31 bits per heavy atom. The third kappa shape index (κ3) is 1.75. The van der Waals surface area contributed by atoms with Crippen LogP contribution in [0.3, 0.4) is 0 Å². The van der Waals surface area contributed by atoms with E-state index in [0.29, 0.717) is 0 Å². The maximum Gasteiger partial charge on any atom is 0.157 e. The molecule has 0 aliphatic heterocycles. The lowest BCUT2D eigenvalue weighted by Gasteiger charge is -1.99. The smallest absolute Gasteiger partial charge is 0.157 e. The molecule has 2 aromatic rings. The summed E-state index contributed by atoms with van der Waals surface area (Å²) in [6.45, 7) is 1.85. The van der Waals surface area contributed by atoms with Crippen LogP contribution in [0.25, 0.3) is 5.82 Å². The lowest BCUT2D eigenvalue weighted by molar-refractivity contribution is 0.828. The van der Waals surface area contributed by atoms with Crippen molar-refractivity contribution in [1.82, 2.24) is 19.7 Å². The van der Waals surface area contributed by atoms with E-state index in [1.54, 1.807) is 17.1 Å². The fourth-order valence-corrected chi connectivity index (χ4v) is 1.28. The molecule has 66 valence electrons. The van der Waals surface area contributed by atoms with Crippen molar-refractivity contribution in [3.8, 4) is 5.82 Å². The zero-order valence-corrected chi connectivity index (χ0v) is 8.56. The maximum atomic E-state index is 4.23. The summed E-state index contributed by atoms with van der Waals surface area (Å²) in [4.78, 5) is 8.23. The van der Waals surface area contributed by atoms with Crippen LogP contribution in [0.4, 0.5) is 0 Å². The van der Waals surface area contributed by atoms with Crippen molar-refractivity contribution < 1.29 is 0 Å². The molecule has 0 amide bonds. The highest BCUT2D eigenvalue weighted by molar-refractivity contribution is 9.10. The Morgan fingerprint density at radius 1 is 1.46 bits per heavy atom. The summed E-state index contributed by atoms with van der Waals surface area (Å²) in [7, 11) is 0. The molecule has 0 saturated carbocycles. The number of nitrogens with zero attached hydrogens (tertiary/aromatic N) is 4. The summed E-state index contributed by atoms with van der Waals surface area (Å²) < 4.78 is 2.63. The molecule has 13 heavy (non-hydrogen) atoms. The highest BCUT2D eigenvalue weighted by Gasteiger charge is 1.99. The average molecular weight is 239 g/mol. The van der Waals surface area contributed by atoms with E-state index in [-0.39, 0.29) is 0 Å². The predicted molar refractivity (Wildman–Crippen MR) is 51.6 cm³/mol. The first kappa shape index (κ1) is 8.37. The van der Waals surface area contributed by atoms with Crippen LogP contribution in [0.5, 0.6) is 0 Å². The quantitative estimate of drug-likeness (QED) is 0.761. The molecule has 2 rings (SSSR count). The Balaban J connectivity index is 2.46. The van der Waals surface area contributed by atoms with Crippen molar-refractivity contribution in [3.63, 3.8) is 0 Å². The molecule has 0 atom stereocenters. The van der Waals surface area contributed by atoms with Gasteiger partial charge in [-0.25, -0.2) is 14.6 Å². The first-order chi connectivity index (χ1) is 6.25. The fourth-order valence-electron chi connectivity index (χ4n) is 0.997. The standard InChI is InChI=1S/C8H7BrN4/c1-6-10-3-2-8(12-6)13-5-7(9)4-11-13/h2-5H,1H3. The van der Waals surface area contributed by atoms with Gasteiger partial charge in [-0.15, -0.1) is 0 Å². The van der Waals surface area contributed by atoms with Crippen LogP contribution < -0.4 is 0 Å². The molecule has 0 spiro atoms. The minimum Gasteiger partial charge on any atom is -0.242 e. The van der Waals surface area contributed by atoms with E-state index in [0.717, 1.165) is 16.1 Å². The van der Waals surface area contributed by atoms with Crippen LogP contribution >= 0.6 is 15.9 Å². The van der Waals surface area contributed by atoms with Gasteiger partial charge in [0.25, 0.3) is 0 Å². The Hall–Kier alpha value is -1.23. The van der Waals surface area contributed by atoms with Gasteiger partial charge < -0.3 is 0 Å². The van der Waals surface area contributed by atoms with Gasteiger partial charge in [-0.2, -0.15) is 5.10 Å². The minimum atomic E-state index is 0.740. The zero-order valence-electron chi connectivity index (χ0n) is 6.98. The molecular weight excluding hydrogens is 232 g/mol. The van der Waals surface area contributed by atoms with Crippen molar-refractivity contribution in [2.75, 3.05) is 0 Å². The lowest BCUT2D eigenvalue weighted by Crippen LogP contribution is -1.99. The molecule has 0 aliphatic carbocycles. The van der Waals surface area contributed by atoms with Crippen LogP contribution in [0.2, 0.25) is 0 Å². The zero-order chi connectivity index (χ0) is 9.26. The van der Waals surface area contributed by atoms with Crippen molar-refractivity contribution >= 4 is 15.9 Å². The van der Waals surface area contributed by atoms with E-state index >= 15 is 0 Å². The van der Waals surface area contributed by atoms with Gasteiger partial charge in [-0.1, -0.05) is 0 Å². The molecule has 0 N–H and O–H groups in total. The molecule has 0 saturated heterocycles. The summed E-state index contributed by atoms with van der Waals surface area (Å²) in [6.07, 6.45) is 5.28. The molecular formula is C8H7BrN4. The van der Waals surface area contributed by atoms with Crippen molar-refractivity contribution in [1.29, 1.82) is 0 Å². The van der Waals surface area contributed by atoms with Gasteiger partial charge >= 0.3 is 0 Å². The van der Waals surface area contributed by atoms with Crippen LogP contribution in [0.1, 0.15) is 5.82 Å². The van der Waals surface area contributed by atoms with Gasteiger partial charge in [-0.05, 0) is 22.9 Å². The second-order valence-electron chi connectivity index (χ2n) is 2.57. The molecule has 0 aromatic carbocycles. The summed E-state index contributed by atoms with van der Waals surface area (Å²) in [6, 6.07) is 1.81. The van der Waals surface area contributed by atoms with Crippen molar-refractivity contribution in [2.45, 2.75) is 6.92 Å². The van der Waals surface area contributed by atoms with E-state index in [1.165, 1.54) is 0 Å². The molecule has 2 aromatic heterocycles. The van der Waals surface area contributed by atoms with E-state index in [4.69, 9.17) is 0 Å². The minimum absolute atomic E-state index is 0.740. The predicted octanol–water partition coefficient (Wildman–Crippen LogP) is 1.73. The largest absolute Gasteiger partial charge is 0.242 e. The second kappa shape index (κ2) is 3.26. The summed E-state index contributed by atoms with van der Waals surface area (Å²) in [5, 5.41) is 4.11. The third-order valence-electron chi connectivity index (χ3n) is 1.55. The highest BCUT2D eigenvalue weighted by atomic mass is 79.9. The van der Waals surface area contributed by atoms with Crippen LogP contribution in [-0.4, -0.2) is 19.7 Å². The Morgan fingerprint density at radius 3 is 2.92 bits per heavy atom. The normalized spacial score (nSPS) is 10.3. The number of aryl methyl sites for hydroxylation is 1. The van der Waals surface area contributed by atoms with Gasteiger partial charge in [0, 0.05) is 18.5 Å². The van der Waals surface area contributed by atoms with E-state index in [2.05, 4.69) is 31.0 Å². The van der Waals surface area contributed by atoms with Gasteiger partial charge in [0.2, 0.25) is 0 Å². The number of rotatable bonds is 1. The topological polar surface area (TPSA) is 43.6 Å². The van der Waals surface area contributed by atoms with Gasteiger partial charge in [0.15, 0.2) is 5.82 Å². The summed E-state index contributed by atoms with van der Waals surface area (Å²) in [5.74, 6) is 1.52. The first-order valence-corrected chi connectivity index (χ1v) is 4.55. The molecule has 0 bridgehead atoms. The van der Waals surface area contributed by atoms with Crippen LogP contribution in [-0.2, 0) is 0 Å². The fraction of sp³-hybridized carbons (Fsp3) is 0.125. The maximum absolute atomic E-state index is 4.23. The number of hydrogen-bond acceptors (Lipinski definition) is 3. The Kier molecular flexibility index (Phi) is 2.10. The van der Waals surface area contributed by atoms with Gasteiger partial charge in [0.05, 0.1) is 10.7 Å². The molecule has 5 heteroatoms. The SMILES string of the molecule is Cc1nccc(-n2cc(Br)cn2)n1. The van der Waals surface area contributed by atoms with Crippen molar-refractivity contribution in [2.24, 2.45) is 0 Å². The molecule has 0 aliphatic rings. The average Bonchev–Trinajstić information content (AvgIpc) is 2.52. The molecule has 0 fully saturated rings. The molecule has 0 radical (unpaired) electrons. The number of halogens is 1. The van der Waals surface area contributed by atoms with Crippen molar-refractivity contribution in [3.05, 3.63) is 35.0 Å². The Labute approximate surface area is 83.8 Å². The van der Waals surface area contributed by atoms with E-state index in [1.807, 2.05) is 19.2 Å². The lowest BCUT2D eigenvalue weighted by atomic mass is 10.5. The monoisotopic (exact) mass is 238 g/mol. The third-order valence-corrected chi connectivity index (χ3v) is 1.96. The van der Waals surface area contributed by atoms with Crippen LogP contribution in [0, 0.1) is 6.92 Å². The van der Waals surface area contributed by atoms with Gasteiger partial charge in [-0.3, -0.25) is 0 Å². The van der Waals surface area contributed by atoms with E-state index in [9.17, 15) is 0 Å². The molecule has 0 unspecified atom stereocenters. The number of aromatic nitrogens is 4. The second-order valence-corrected chi connectivity index (χ2v) is 3.48. The van der Waals surface area contributed by atoms with Gasteiger partial charge in [0.1, 0.15) is 5.82 Å². The summed E-state index contributed by atoms with van der Waals surface area (Å²) in [5.41, 5.74) is 0.